The molecule has 1 aromatic carbocycles. The molecular formula is C13H19NOS. The Kier molecular flexibility index (Phi) is 5.39. The van der Waals surface area contributed by atoms with Crippen LogP contribution in [0.3, 0.4) is 0 Å². The van der Waals surface area contributed by atoms with Crippen molar-refractivity contribution >= 4 is 17.9 Å². The monoisotopic (exact) mass is 237 g/mol. The average molecular weight is 237 g/mol. The van der Waals surface area contributed by atoms with Gasteiger partial charge in [-0.2, -0.15) is 0 Å². The minimum absolute atomic E-state index is 0.0594. The Balaban J connectivity index is 2.54. The standard InChI is InChI=1S/C13H19NOS/c1-10(2)8-11-4-6-12(7-5-11)9-13(15)14-16-3/h4-7,10H,8-9H2,1-3H3,(H,14,15). The Morgan fingerprint density at radius 2 is 1.81 bits per heavy atom. The number of benzene rings is 1. The van der Waals surface area contributed by atoms with Gasteiger partial charge in [0.15, 0.2) is 0 Å². The van der Waals surface area contributed by atoms with Crippen molar-refractivity contribution in [2.24, 2.45) is 5.92 Å². The van der Waals surface area contributed by atoms with Crippen LogP contribution in [-0.2, 0) is 17.6 Å². The largest absolute Gasteiger partial charge is 0.300 e. The van der Waals surface area contributed by atoms with E-state index in [2.05, 4.69) is 30.7 Å². The fraction of sp³-hybridized carbons (Fsp3) is 0.462. The van der Waals surface area contributed by atoms with Crippen LogP contribution in [-0.4, -0.2) is 12.2 Å². The topological polar surface area (TPSA) is 29.1 Å². The second kappa shape index (κ2) is 6.59. The Hall–Kier alpha value is -0.960. The van der Waals surface area contributed by atoms with Crippen molar-refractivity contribution in [3.63, 3.8) is 0 Å². The molecule has 0 aliphatic carbocycles. The molecule has 0 atom stereocenters. The first-order chi connectivity index (χ1) is 7.61. The van der Waals surface area contributed by atoms with Crippen LogP contribution in [0.5, 0.6) is 0 Å². The number of hydrogen-bond donors (Lipinski definition) is 1. The molecule has 1 N–H and O–H groups in total. The molecule has 0 fully saturated rings. The third-order valence-electron chi connectivity index (χ3n) is 2.25. The van der Waals surface area contributed by atoms with Gasteiger partial charge in [-0.15, -0.1) is 0 Å². The molecule has 0 unspecified atom stereocenters. The Morgan fingerprint density at radius 1 is 1.25 bits per heavy atom. The summed E-state index contributed by atoms with van der Waals surface area (Å²) in [5.74, 6) is 0.731. The Bertz CT molecular complexity index is 332. The highest BCUT2D eigenvalue weighted by molar-refractivity contribution is 7.97. The van der Waals surface area contributed by atoms with Crippen molar-refractivity contribution < 1.29 is 4.79 Å². The lowest BCUT2D eigenvalue weighted by Gasteiger charge is -2.06. The zero-order valence-electron chi connectivity index (χ0n) is 10.1. The summed E-state index contributed by atoms with van der Waals surface area (Å²) in [7, 11) is 0. The van der Waals surface area contributed by atoms with Gasteiger partial charge < -0.3 is 4.72 Å². The number of hydrogen-bond acceptors (Lipinski definition) is 2. The van der Waals surface area contributed by atoms with Gasteiger partial charge in [0.05, 0.1) is 6.42 Å². The molecule has 0 bridgehead atoms. The van der Waals surface area contributed by atoms with E-state index < -0.39 is 0 Å². The first kappa shape index (κ1) is 13.1. The van der Waals surface area contributed by atoms with E-state index in [1.807, 2.05) is 18.4 Å². The highest BCUT2D eigenvalue weighted by atomic mass is 32.2. The molecule has 16 heavy (non-hydrogen) atoms. The zero-order valence-corrected chi connectivity index (χ0v) is 10.9. The van der Waals surface area contributed by atoms with Crippen LogP contribution in [0.2, 0.25) is 0 Å². The molecule has 0 aromatic heterocycles. The van der Waals surface area contributed by atoms with E-state index in [0.717, 1.165) is 12.0 Å². The molecule has 1 amide bonds. The van der Waals surface area contributed by atoms with E-state index in [4.69, 9.17) is 0 Å². The van der Waals surface area contributed by atoms with Crippen molar-refractivity contribution in [2.75, 3.05) is 6.26 Å². The van der Waals surface area contributed by atoms with Gasteiger partial charge >= 0.3 is 0 Å². The molecule has 0 aliphatic heterocycles. The summed E-state index contributed by atoms with van der Waals surface area (Å²) in [6, 6.07) is 8.30. The number of amides is 1. The summed E-state index contributed by atoms with van der Waals surface area (Å²) in [6.07, 6.45) is 3.41. The van der Waals surface area contributed by atoms with Crippen molar-refractivity contribution in [3.8, 4) is 0 Å². The Morgan fingerprint density at radius 3 is 2.31 bits per heavy atom. The van der Waals surface area contributed by atoms with Crippen LogP contribution >= 0.6 is 11.9 Å². The molecule has 0 heterocycles. The van der Waals surface area contributed by atoms with Gasteiger partial charge in [0, 0.05) is 6.26 Å². The van der Waals surface area contributed by atoms with E-state index in [0.29, 0.717) is 12.3 Å². The van der Waals surface area contributed by atoms with E-state index in [-0.39, 0.29) is 5.91 Å². The second-order valence-electron chi connectivity index (χ2n) is 4.32. The van der Waals surface area contributed by atoms with Crippen molar-refractivity contribution in [1.82, 2.24) is 4.72 Å². The summed E-state index contributed by atoms with van der Waals surface area (Å²) in [6.45, 7) is 4.42. The van der Waals surface area contributed by atoms with Gasteiger partial charge in [-0.25, -0.2) is 0 Å². The lowest BCUT2D eigenvalue weighted by molar-refractivity contribution is -0.118. The molecular weight excluding hydrogens is 218 g/mol. The van der Waals surface area contributed by atoms with Crippen molar-refractivity contribution in [2.45, 2.75) is 26.7 Å². The SMILES string of the molecule is CSNC(=O)Cc1ccc(CC(C)C)cc1. The van der Waals surface area contributed by atoms with Gasteiger partial charge in [-0.1, -0.05) is 50.1 Å². The maximum atomic E-state index is 11.3. The molecule has 1 rings (SSSR count). The number of nitrogens with one attached hydrogen (secondary N) is 1. The van der Waals surface area contributed by atoms with Crippen LogP contribution in [0.1, 0.15) is 25.0 Å². The molecule has 0 radical (unpaired) electrons. The minimum Gasteiger partial charge on any atom is -0.300 e. The molecule has 0 spiro atoms. The van der Waals surface area contributed by atoms with Gasteiger partial charge in [0.2, 0.25) is 5.91 Å². The van der Waals surface area contributed by atoms with E-state index >= 15 is 0 Å². The van der Waals surface area contributed by atoms with Gasteiger partial charge in [-0.05, 0) is 23.5 Å². The maximum Gasteiger partial charge on any atom is 0.234 e. The van der Waals surface area contributed by atoms with Gasteiger partial charge in [0.1, 0.15) is 0 Å². The molecule has 1 aromatic rings. The zero-order chi connectivity index (χ0) is 12.0. The minimum atomic E-state index is 0.0594. The Labute approximate surface area is 102 Å². The highest BCUT2D eigenvalue weighted by Gasteiger charge is 2.03. The second-order valence-corrected chi connectivity index (χ2v) is 4.93. The quantitative estimate of drug-likeness (QED) is 0.798. The molecule has 0 saturated heterocycles. The third-order valence-corrected chi connectivity index (χ3v) is 2.68. The summed E-state index contributed by atoms with van der Waals surface area (Å²) in [4.78, 5) is 11.3. The lowest BCUT2D eigenvalue weighted by Crippen LogP contribution is -2.17. The predicted molar refractivity (Wildman–Crippen MR) is 70.3 cm³/mol. The van der Waals surface area contributed by atoms with Crippen LogP contribution < -0.4 is 4.72 Å². The normalized spacial score (nSPS) is 10.5. The summed E-state index contributed by atoms with van der Waals surface area (Å²) in [5.41, 5.74) is 2.41. The smallest absolute Gasteiger partial charge is 0.234 e. The van der Waals surface area contributed by atoms with E-state index in [1.54, 1.807) is 0 Å². The van der Waals surface area contributed by atoms with Crippen LogP contribution in [0.25, 0.3) is 0 Å². The first-order valence-electron chi connectivity index (χ1n) is 5.51. The van der Waals surface area contributed by atoms with E-state index in [9.17, 15) is 4.79 Å². The fourth-order valence-corrected chi connectivity index (χ4v) is 1.90. The molecule has 0 aliphatic rings. The fourth-order valence-electron chi connectivity index (χ4n) is 1.60. The lowest BCUT2D eigenvalue weighted by atomic mass is 10.0. The van der Waals surface area contributed by atoms with Gasteiger partial charge in [-0.3, -0.25) is 4.79 Å². The number of carbonyl (C=O) groups is 1. The predicted octanol–water partition coefficient (Wildman–Crippen LogP) is 2.82. The summed E-state index contributed by atoms with van der Waals surface area (Å²) < 4.78 is 2.72. The maximum absolute atomic E-state index is 11.3. The van der Waals surface area contributed by atoms with Crippen LogP contribution in [0, 0.1) is 5.92 Å². The average Bonchev–Trinajstić information content (AvgIpc) is 2.20. The van der Waals surface area contributed by atoms with Gasteiger partial charge in [0.25, 0.3) is 0 Å². The number of carbonyl (C=O) groups excluding carboxylic acids is 1. The summed E-state index contributed by atoms with van der Waals surface area (Å²) in [5, 5.41) is 0. The molecule has 2 nitrogen and oxygen atoms in total. The van der Waals surface area contributed by atoms with Crippen LogP contribution in [0.15, 0.2) is 24.3 Å². The van der Waals surface area contributed by atoms with E-state index in [1.165, 1.54) is 17.5 Å². The first-order valence-corrected chi connectivity index (χ1v) is 6.74. The molecule has 3 heteroatoms. The van der Waals surface area contributed by atoms with Crippen LogP contribution in [0.4, 0.5) is 0 Å². The highest BCUT2D eigenvalue weighted by Crippen LogP contribution is 2.10. The third kappa shape index (κ3) is 4.71. The summed E-state index contributed by atoms with van der Waals surface area (Å²) >= 11 is 1.34. The van der Waals surface area contributed by atoms with Crippen molar-refractivity contribution in [1.29, 1.82) is 0 Å². The molecule has 88 valence electrons. The number of rotatable bonds is 5. The van der Waals surface area contributed by atoms with Crippen molar-refractivity contribution in [3.05, 3.63) is 35.4 Å². The molecule has 0 saturated carbocycles.